The van der Waals surface area contributed by atoms with E-state index in [9.17, 15) is 0 Å². The summed E-state index contributed by atoms with van der Waals surface area (Å²) in [5.74, 6) is 1.78. The molecule has 0 spiro atoms. The molecule has 3 heteroatoms. The van der Waals surface area contributed by atoms with Crippen LogP contribution in [0.3, 0.4) is 0 Å². The molecule has 1 aliphatic heterocycles. The van der Waals surface area contributed by atoms with Crippen LogP contribution in [-0.2, 0) is 18.0 Å². The van der Waals surface area contributed by atoms with Gasteiger partial charge in [0.1, 0.15) is 5.82 Å². The SMILES string of the molecule is CC(C)c1nc2c(c(C(C)C)n1)COC2. The maximum atomic E-state index is 5.44. The summed E-state index contributed by atoms with van der Waals surface area (Å²) in [5.41, 5.74) is 3.48. The molecule has 0 saturated heterocycles. The molecule has 15 heavy (non-hydrogen) atoms. The highest BCUT2D eigenvalue weighted by molar-refractivity contribution is 5.30. The molecule has 2 heterocycles. The van der Waals surface area contributed by atoms with Crippen LogP contribution in [0.5, 0.6) is 0 Å². The molecule has 0 aliphatic carbocycles. The fraction of sp³-hybridized carbons (Fsp3) is 0.667. The van der Waals surface area contributed by atoms with Crippen LogP contribution in [0.1, 0.15) is 62.3 Å². The summed E-state index contributed by atoms with van der Waals surface area (Å²) >= 11 is 0. The number of aromatic nitrogens is 2. The minimum absolute atomic E-state index is 0.383. The Morgan fingerprint density at radius 3 is 2.33 bits per heavy atom. The fourth-order valence-electron chi connectivity index (χ4n) is 1.83. The van der Waals surface area contributed by atoms with Gasteiger partial charge in [0.25, 0.3) is 0 Å². The summed E-state index contributed by atoms with van der Waals surface area (Å²) in [6.45, 7) is 9.93. The molecule has 0 aromatic carbocycles. The van der Waals surface area contributed by atoms with Crippen LogP contribution >= 0.6 is 0 Å². The highest BCUT2D eigenvalue weighted by Gasteiger charge is 2.22. The van der Waals surface area contributed by atoms with Crippen LogP contribution < -0.4 is 0 Å². The van der Waals surface area contributed by atoms with Gasteiger partial charge in [-0.2, -0.15) is 0 Å². The van der Waals surface area contributed by atoms with E-state index in [4.69, 9.17) is 4.74 Å². The van der Waals surface area contributed by atoms with Crippen molar-refractivity contribution in [2.45, 2.75) is 52.7 Å². The maximum absolute atomic E-state index is 5.44. The molecule has 0 bridgehead atoms. The van der Waals surface area contributed by atoms with Crippen molar-refractivity contribution in [3.8, 4) is 0 Å². The first kappa shape index (κ1) is 10.6. The first-order chi connectivity index (χ1) is 7.09. The number of hydrogen-bond donors (Lipinski definition) is 0. The Labute approximate surface area is 90.9 Å². The van der Waals surface area contributed by atoms with E-state index in [0.29, 0.717) is 25.0 Å². The second-order valence-electron chi connectivity index (χ2n) is 4.69. The van der Waals surface area contributed by atoms with E-state index in [1.165, 1.54) is 11.3 Å². The zero-order chi connectivity index (χ0) is 11.0. The van der Waals surface area contributed by atoms with Gasteiger partial charge in [0.05, 0.1) is 24.6 Å². The minimum atomic E-state index is 0.383. The number of nitrogens with zero attached hydrogens (tertiary/aromatic N) is 2. The van der Waals surface area contributed by atoms with Crippen LogP contribution in [0.25, 0.3) is 0 Å². The van der Waals surface area contributed by atoms with Gasteiger partial charge in [-0.3, -0.25) is 0 Å². The molecule has 0 amide bonds. The summed E-state index contributed by atoms with van der Waals surface area (Å²) in [4.78, 5) is 9.21. The molecule has 0 N–H and O–H groups in total. The van der Waals surface area contributed by atoms with Crippen molar-refractivity contribution in [2.75, 3.05) is 0 Å². The van der Waals surface area contributed by atoms with Gasteiger partial charge >= 0.3 is 0 Å². The average Bonchev–Trinajstić information content (AvgIpc) is 2.62. The van der Waals surface area contributed by atoms with Crippen molar-refractivity contribution in [2.24, 2.45) is 0 Å². The molecule has 1 aromatic rings. The molecular formula is C12H18N2O. The van der Waals surface area contributed by atoms with E-state index in [2.05, 4.69) is 37.7 Å². The van der Waals surface area contributed by atoms with Crippen LogP contribution in [-0.4, -0.2) is 9.97 Å². The summed E-state index contributed by atoms with van der Waals surface area (Å²) in [5, 5.41) is 0. The van der Waals surface area contributed by atoms with Crippen LogP contribution in [0.4, 0.5) is 0 Å². The van der Waals surface area contributed by atoms with E-state index in [1.807, 2.05) is 0 Å². The molecule has 1 aromatic heterocycles. The van der Waals surface area contributed by atoms with Crippen LogP contribution in [0, 0.1) is 0 Å². The number of hydrogen-bond acceptors (Lipinski definition) is 3. The molecule has 0 atom stereocenters. The Balaban J connectivity index is 2.52. The number of ether oxygens (including phenoxy) is 1. The summed E-state index contributed by atoms with van der Waals surface area (Å²) in [7, 11) is 0. The summed E-state index contributed by atoms with van der Waals surface area (Å²) < 4.78 is 5.44. The van der Waals surface area contributed by atoms with Gasteiger partial charge in [-0.05, 0) is 5.92 Å². The lowest BCUT2D eigenvalue weighted by Gasteiger charge is -2.13. The molecule has 0 unspecified atom stereocenters. The Hall–Kier alpha value is -0.960. The molecule has 0 saturated carbocycles. The third-order valence-electron chi connectivity index (χ3n) is 2.69. The maximum Gasteiger partial charge on any atom is 0.131 e. The van der Waals surface area contributed by atoms with Crippen LogP contribution in [0.15, 0.2) is 0 Å². The second-order valence-corrected chi connectivity index (χ2v) is 4.69. The summed E-state index contributed by atoms with van der Waals surface area (Å²) in [6, 6.07) is 0. The van der Waals surface area contributed by atoms with Gasteiger partial charge in [-0.25, -0.2) is 9.97 Å². The molecule has 82 valence electrons. The monoisotopic (exact) mass is 206 g/mol. The quantitative estimate of drug-likeness (QED) is 0.746. The lowest BCUT2D eigenvalue weighted by Crippen LogP contribution is -2.08. The van der Waals surface area contributed by atoms with Crippen molar-refractivity contribution < 1.29 is 4.74 Å². The predicted octanol–water partition coefficient (Wildman–Crippen LogP) is 2.75. The van der Waals surface area contributed by atoms with Gasteiger partial charge in [-0.15, -0.1) is 0 Å². The normalized spacial score (nSPS) is 15.1. The van der Waals surface area contributed by atoms with Gasteiger partial charge in [0, 0.05) is 11.5 Å². The highest BCUT2D eigenvalue weighted by Crippen LogP contribution is 2.27. The van der Waals surface area contributed by atoms with Gasteiger partial charge in [-0.1, -0.05) is 27.7 Å². The lowest BCUT2D eigenvalue weighted by atomic mass is 10.0. The van der Waals surface area contributed by atoms with Crippen molar-refractivity contribution in [3.63, 3.8) is 0 Å². The van der Waals surface area contributed by atoms with E-state index >= 15 is 0 Å². The molecule has 2 rings (SSSR count). The average molecular weight is 206 g/mol. The third-order valence-corrected chi connectivity index (χ3v) is 2.69. The molecule has 0 radical (unpaired) electrons. The highest BCUT2D eigenvalue weighted by atomic mass is 16.5. The minimum Gasteiger partial charge on any atom is -0.370 e. The Morgan fingerprint density at radius 1 is 1.00 bits per heavy atom. The topological polar surface area (TPSA) is 35.0 Å². The number of fused-ring (bicyclic) bond motifs is 1. The lowest BCUT2D eigenvalue weighted by molar-refractivity contribution is 0.132. The van der Waals surface area contributed by atoms with Crippen molar-refractivity contribution in [1.29, 1.82) is 0 Å². The van der Waals surface area contributed by atoms with Crippen molar-refractivity contribution in [3.05, 3.63) is 22.8 Å². The molecule has 0 fully saturated rings. The predicted molar refractivity (Wildman–Crippen MR) is 58.7 cm³/mol. The Kier molecular flexibility index (Phi) is 2.74. The first-order valence-corrected chi connectivity index (χ1v) is 5.57. The van der Waals surface area contributed by atoms with Crippen LogP contribution in [0.2, 0.25) is 0 Å². The largest absolute Gasteiger partial charge is 0.370 e. The Morgan fingerprint density at radius 2 is 1.73 bits per heavy atom. The van der Waals surface area contributed by atoms with Crippen molar-refractivity contribution >= 4 is 0 Å². The molecule has 1 aliphatic rings. The Bertz CT molecular complexity index is 372. The fourth-order valence-corrected chi connectivity index (χ4v) is 1.83. The van der Waals surface area contributed by atoms with Gasteiger partial charge in [0.2, 0.25) is 0 Å². The first-order valence-electron chi connectivity index (χ1n) is 5.57. The van der Waals surface area contributed by atoms with E-state index < -0.39 is 0 Å². The van der Waals surface area contributed by atoms with E-state index in [-0.39, 0.29) is 0 Å². The van der Waals surface area contributed by atoms with Gasteiger partial charge in [0.15, 0.2) is 0 Å². The number of rotatable bonds is 2. The zero-order valence-electron chi connectivity index (χ0n) is 9.87. The van der Waals surface area contributed by atoms with Crippen molar-refractivity contribution in [1.82, 2.24) is 9.97 Å². The zero-order valence-corrected chi connectivity index (χ0v) is 9.87. The second kappa shape index (κ2) is 3.89. The molecule has 3 nitrogen and oxygen atoms in total. The van der Waals surface area contributed by atoms with Gasteiger partial charge < -0.3 is 4.74 Å². The summed E-state index contributed by atoms with van der Waals surface area (Å²) in [6.07, 6.45) is 0. The van der Waals surface area contributed by atoms with E-state index in [0.717, 1.165) is 11.5 Å². The van der Waals surface area contributed by atoms with E-state index in [1.54, 1.807) is 0 Å². The standard InChI is InChI=1S/C12H18N2O/c1-7(2)11-9-5-15-6-10(9)13-12(14-11)8(3)4/h7-8H,5-6H2,1-4H3. The molecular weight excluding hydrogens is 188 g/mol. The smallest absolute Gasteiger partial charge is 0.131 e. The third kappa shape index (κ3) is 1.88.